The topological polar surface area (TPSA) is 79.5 Å². The van der Waals surface area contributed by atoms with Gasteiger partial charge in [0.2, 0.25) is 5.89 Å². The number of nitrogens with zero attached hydrogens (tertiary/aromatic N) is 3. The van der Waals surface area contributed by atoms with Crippen LogP contribution in [0.15, 0.2) is 63.1 Å². The van der Waals surface area contributed by atoms with E-state index >= 15 is 0 Å². The smallest absolute Gasteiger partial charge is 0.342 e. The van der Waals surface area contributed by atoms with Crippen molar-refractivity contribution in [1.29, 1.82) is 0 Å². The molecular formula is C21H20FN3O3S. The second-order valence-electron chi connectivity index (χ2n) is 6.06. The maximum atomic E-state index is 13.0. The Labute approximate surface area is 172 Å². The summed E-state index contributed by atoms with van der Waals surface area (Å²) in [5.74, 6) is -1.27. The first kappa shape index (κ1) is 20.6. The number of carbonyl (C=O) groups is 1. The Hall–Kier alpha value is -3.13. The van der Waals surface area contributed by atoms with Crippen molar-refractivity contribution in [2.75, 3.05) is 18.0 Å². The molecule has 0 bridgehead atoms. The molecule has 0 aliphatic heterocycles. The first-order valence-corrected chi connectivity index (χ1v) is 9.89. The quantitative estimate of drug-likeness (QED) is 0.414. The molecule has 1 heterocycles. The molecule has 0 aliphatic rings. The summed E-state index contributed by atoms with van der Waals surface area (Å²) in [5, 5.41) is 17.4. The lowest BCUT2D eigenvalue weighted by molar-refractivity contribution is -0.131. The number of aromatic nitrogens is 2. The van der Waals surface area contributed by atoms with Crippen LogP contribution >= 0.6 is 11.8 Å². The minimum atomic E-state index is -1.09. The number of carboxylic acid groups (broad SMARTS) is 1. The van der Waals surface area contributed by atoms with E-state index in [-0.39, 0.29) is 21.8 Å². The third-order valence-electron chi connectivity index (χ3n) is 4.23. The molecule has 2 aromatic carbocycles. The van der Waals surface area contributed by atoms with Crippen molar-refractivity contribution >= 4 is 29.5 Å². The Bertz CT molecular complexity index is 997. The Morgan fingerprint density at radius 2 is 1.76 bits per heavy atom. The SMILES string of the molecule is CCN(CC)c1ccc(/C=C(/Sc2nnc(-c3ccc(F)cc3)o2)C(=O)O)cc1. The van der Waals surface area contributed by atoms with E-state index in [1.165, 1.54) is 24.3 Å². The van der Waals surface area contributed by atoms with Crippen LogP contribution in [0.2, 0.25) is 0 Å². The van der Waals surface area contributed by atoms with Crippen LogP contribution in [0.4, 0.5) is 10.1 Å². The summed E-state index contributed by atoms with van der Waals surface area (Å²) in [4.78, 5) is 13.9. The minimum Gasteiger partial charge on any atom is -0.477 e. The first-order chi connectivity index (χ1) is 14.0. The van der Waals surface area contributed by atoms with Crippen LogP contribution in [-0.4, -0.2) is 34.4 Å². The van der Waals surface area contributed by atoms with Crippen molar-refractivity contribution in [3.05, 3.63) is 64.8 Å². The Kier molecular flexibility index (Phi) is 6.66. The molecule has 0 amide bonds. The predicted octanol–water partition coefficient (Wildman–Crippen LogP) is 4.94. The van der Waals surface area contributed by atoms with Crippen molar-refractivity contribution in [3.8, 4) is 11.5 Å². The fourth-order valence-corrected chi connectivity index (χ4v) is 3.38. The van der Waals surface area contributed by atoms with Gasteiger partial charge < -0.3 is 14.4 Å². The number of carboxylic acids is 1. The van der Waals surface area contributed by atoms with E-state index in [1.54, 1.807) is 6.08 Å². The number of hydrogen-bond donors (Lipinski definition) is 1. The highest BCUT2D eigenvalue weighted by Crippen LogP contribution is 2.30. The van der Waals surface area contributed by atoms with Gasteiger partial charge >= 0.3 is 5.97 Å². The summed E-state index contributed by atoms with van der Waals surface area (Å²) in [6.45, 7) is 5.97. The molecule has 0 saturated heterocycles. The van der Waals surface area contributed by atoms with Gasteiger partial charge in [0.05, 0.1) is 0 Å². The molecule has 150 valence electrons. The van der Waals surface area contributed by atoms with E-state index < -0.39 is 5.97 Å². The van der Waals surface area contributed by atoms with Gasteiger partial charge in [-0.1, -0.05) is 12.1 Å². The third kappa shape index (κ3) is 5.23. The van der Waals surface area contributed by atoms with Gasteiger partial charge in [-0.05, 0) is 73.6 Å². The van der Waals surface area contributed by atoms with Crippen molar-refractivity contribution < 1.29 is 18.7 Å². The fraction of sp³-hybridized carbons (Fsp3) is 0.190. The van der Waals surface area contributed by atoms with Crippen LogP contribution in [-0.2, 0) is 4.79 Å². The van der Waals surface area contributed by atoms with Gasteiger partial charge in [0.25, 0.3) is 5.22 Å². The minimum absolute atomic E-state index is 0.0508. The second-order valence-corrected chi connectivity index (χ2v) is 7.05. The number of rotatable bonds is 8. The van der Waals surface area contributed by atoms with E-state index in [4.69, 9.17) is 4.42 Å². The number of halogens is 1. The molecule has 8 heteroatoms. The van der Waals surface area contributed by atoms with Crippen LogP contribution in [0.1, 0.15) is 19.4 Å². The van der Waals surface area contributed by atoms with Crippen molar-refractivity contribution in [2.45, 2.75) is 19.1 Å². The Morgan fingerprint density at radius 1 is 1.10 bits per heavy atom. The van der Waals surface area contributed by atoms with Gasteiger partial charge in [-0.15, -0.1) is 10.2 Å². The Balaban J connectivity index is 1.78. The summed E-state index contributed by atoms with van der Waals surface area (Å²) >= 11 is 0.867. The largest absolute Gasteiger partial charge is 0.477 e. The molecule has 0 unspecified atom stereocenters. The third-order valence-corrected chi connectivity index (χ3v) is 5.08. The molecule has 29 heavy (non-hydrogen) atoms. The molecule has 1 aromatic heterocycles. The molecule has 3 aromatic rings. The summed E-state index contributed by atoms with van der Waals surface area (Å²) in [6.07, 6.45) is 1.56. The van der Waals surface area contributed by atoms with Gasteiger partial charge in [-0.25, -0.2) is 9.18 Å². The molecule has 0 saturated carbocycles. The molecule has 1 N–H and O–H groups in total. The van der Waals surface area contributed by atoms with Crippen molar-refractivity contribution in [3.63, 3.8) is 0 Å². The normalized spacial score (nSPS) is 11.5. The van der Waals surface area contributed by atoms with Gasteiger partial charge in [0.15, 0.2) is 0 Å². The van der Waals surface area contributed by atoms with Crippen molar-refractivity contribution in [2.24, 2.45) is 0 Å². The molecule has 0 fully saturated rings. The lowest BCUT2D eigenvalue weighted by Crippen LogP contribution is -2.21. The average Bonchev–Trinajstić information content (AvgIpc) is 3.18. The van der Waals surface area contributed by atoms with Crippen molar-refractivity contribution in [1.82, 2.24) is 10.2 Å². The number of thioether (sulfide) groups is 1. The predicted molar refractivity (Wildman–Crippen MR) is 111 cm³/mol. The number of anilines is 1. The number of aliphatic carboxylic acids is 1. The van der Waals surface area contributed by atoms with Crippen LogP contribution in [0.3, 0.4) is 0 Å². The summed E-state index contributed by atoms with van der Waals surface area (Å²) in [5.41, 5.74) is 2.39. The number of hydrogen-bond acceptors (Lipinski definition) is 6. The summed E-state index contributed by atoms with van der Waals surface area (Å²) < 4.78 is 18.6. The van der Waals surface area contributed by atoms with Gasteiger partial charge in [0, 0.05) is 24.3 Å². The highest BCUT2D eigenvalue weighted by molar-refractivity contribution is 8.03. The van der Waals surface area contributed by atoms with Gasteiger partial charge in [-0.3, -0.25) is 0 Å². The van der Waals surface area contributed by atoms with E-state index in [1.807, 2.05) is 24.3 Å². The van der Waals surface area contributed by atoms with Crippen LogP contribution in [0, 0.1) is 5.82 Å². The zero-order valence-electron chi connectivity index (χ0n) is 16.0. The first-order valence-electron chi connectivity index (χ1n) is 9.07. The van der Waals surface area contributed by atoms with Crippen LogP contribution in [0.5, 0.6) is 0 Å². The molecule has 6 nitrogen and oxygen atoms in total. The van der Waals surface area contributed by atoms with Gasteiger partial charge in [0.1, 0.15) is 10.7 Å². The molecule has 3 rings (SSSR count). The summed E-state index contributed by atoms with van der Waals surface area (Å²) in [7, 11) is 0. The van der Waals surface area contributed by atoms with E-state index in [2.05, 4.69) is 28.9 Å². The fourth-order valence-electron chi connectivity index (χ4n) is 2.71. The van der Waals surface area contributed by atoms with E-state index in [0.717, 1.165) is 36.1 Å². The maximum absolute atomic E-state index is 13.0. The lowest BCUT2D eigenvalue weighted by atomic mass is 10.2. The number of benzene rings is 2. The maximum Gasteiger partial charge on any atom is 0.342 e. The molecule has 0 spiro atoms. The van der Waals surface area contributed by atoms with Gasteiger partial charge in [-0.2, -0.15) is 0 Å². The molecular weight excluding hydrogens is 393 g/mol. The highest BCUT2D eigenvalue weighted by Gasteiger charge is 2.16. The molecule has 0 atom stereocenters. The van der Waals surface area contributed by atoms with Crippen LogP contribution in [0.25, 0.3) is 17.5 Å². The van der Waals surface area contributed by atoms with E-state index in [9.17, 15) is 14.3 Å². The highest BCUT2D eigenvalue weighted by atomic mass is 32.2. The second kappa shape index (κ2) is 9.38. The monoisotopic (exact) mass is 413 g/mol. The van der Waals surface area contributed by atoms with Crippen LogP contribution < -0.4 is 4.90 Å². The molecule has 0 radical (unpaired) electrons. The Morgan fingerprint density at radius 3 is 2.34 bits per heavy atom. The lowest BCUT2D eigenvalue weighted by Gasteiger charge is -2.20. The zero-order valence-corrected chi connectivity index (χ0v) is 16.8. The molecule has 0 aliphatic carbocycles. The standard InChI is InChI=1S/C21H20FN3O3S/c1-3-25(4-2)17-11-5-14(6-12-17)13-18(20(26)27)29-21-24-23-19(28-21)15-7-9-16(22)10-8-15/h5-13H,3-4H2,1-2H3,(H,26,27)/b18-13+. The average molecular weight is 413 g/mol. The zero-order chi connectivity index (χ0) is 20.8. The summed E-state index contributed by atoms with van der Waals surface area (Å²) in [6, 6.07) is 13.3. The van der Waals surface area contributed by atoms with E-state index in [0.29, 0.717) is 5.56 Å².